The summed E-state index contributed by atoms with van der Waals surface area (Å²) in [7, 11) is 0. The van der Waals surface area contributed by atoms with E-state index in [9.17, 15) is 4.79 Å². The van der Waals surface area contributed by atoms with Crippen LogP contribution in [0.4, 0.5) is 5.95 Å². The lowest BCUT2D eigenvalue weighted by Gasteiger charge is -2.29. The Bertz CT molecular complexity index is 472. The van der Waals surface area contributed by atoms with E-state index in [-0.39, 0.29) is 18.0 Å². The molecule has 1 aliphatic rings. The number of aryl methyl sites for hydroxylation is 1. The van der Waals surface area contributed by atoms with Gasteiger partial charge in [-0.15, -0.1) is 0 Å². The van der Waals surface area contributed by atoms with E-state index in [1.165, 1.54) is 12.6 Å². The van der Waals surface area contributed by atoms with Crippen LogP contribution in [0, 0.1) is 6.92 Å². The molecule has 2 rings (SSSR count). The van der Waals surface area contributed by atoms with Gasteiger partial charge in [-0.05, 0) is 33.1 Å². The number of hydrogen-bond acceptors (Lipinski definition) is 5. The molecule has 1 aromatic heterocycles. The van der Waals surface area contributed by atoms with Crippen LogP contribution in [0.5, 0.6) is 0 Å². The molecular formula is C14H22N4O2. The molecule has 0 saturated carbocycles. The van der Waals surface area contributed by atoms with Gasteiger partial charge in [0.1, 0.15) is 0 Å². The fraction of sp³-hybridized carbons (Fsp3) is 0.643. The van der Waals surface area contributed by atoms with Gasteiger partial charge in [0.15, 0.2) is 0 Å². The van der Waals surface area contributed by atoms with E-state index < -0.39 is 0 Å². The number of carbonyl (C=O) groups is 1. The maximum absolute atomic E-state index is 12.5. The van der Waals surface area contributed by atoms with Crippen molar-refractivity contribution >= 4 is 11.9 Å². The number of aromatic nitrogens is 2. The zero-order valence-corrected chi connectivity index (χ0v) is 12.1. The molecule has 1 atom stereocenters. The molecular weight excluding hydrogens is 256 g/mol. The van der Waals surface area contributed by atoms with Crippen LogP contribution in [0.25, 0.3) is 0 Å². The second-order valence-corrected chi connectivity index (χ2v) is 5.06. The zero-order chi connectivity index (χ0) is 14.5. The fourth-order valence-electron chi connectivity index (χ4n) is 2.42. The van der Waals surface area contributed by atoms with E-state index in [1.807, 2.05) is 6.92 Å². The molecule has 0 aromatic carbocycles. The number of anilines is 1. The summed E-state index contributed by atoms with van der Waals surface area (Å²) in [5.74, 6) is 0.136. The van der Waals surface area contributed by atoms with Gasteiger partial charge < -0.3 is 15.4 Å². The minimum atomic E-state index is -0.0563. The normalized spacial score (nSPS) is 18.8. The van der Waals surface area contributed by atoms with E-state index in [4.69, 9.17) is 10.5 Å². The zero-order valence-electron chi connectivity index (χ0n) is 12.1. The van der Waals surface area contributed by atoms with Gasteiger partial charge in [0.05, 0.1) is 17.4 Å². The Hall–Kier alpha value is -1.69. The molecule has 1 amide bonds. The first-order valence-electron chi connectivity index (χ1n) is 7.11. The van der Waals surface area contributed by atoms with E-state index in [2.05, 4.69) is 9.97 Å². The molecule has 0 bridgehead atoms. The third-order valence-corrected chi connectivity index (χ3v) is 3.60. The molecule has 1 aromatic rings. The summed E-state index contributed by atoms with van der Waals surface area (Å²) in [4.78, 5) is 22.3. The Morgan fingerprint density at radius 2 is 2.35 bits per heavy atom. The standard InChI is InChI=1S/C14H22N4O2/c1-3-18(9-11-6-4-5-7-20-11)13(19)12-8-16-14(15)17-10(12)2/h8,11H,3-7,9H2,1-2H3,(H2,15,16,17). The quantitative estimate of drug-likeness (QED) is 0.900. The van der Waals surface area contributed by atoms with Crippen molar-refractivity contribution in [3.63, 3.8) is 0 Å². The summed E-state index contributed by atoms with van der Waals surface area (Å²) in [6.07, 6.45) is 4.94. The van der Waals surface area contributed by atoms with E-state index >= 15 is 0 Å². The summed E-state index contributed by atoms with van der Waals surface area (Å²) >= 11 is 0. The van der Waals surface area contributed by atoms with Crippen molar-refractivity contribution in [3.05, 3.63) is 17.5 Å². The number of nitrogens with two attached hydrogens (primary N) is 1. The molecule has 1 unspecified atom stereocenters. The van der Waals surface area contributed by atoms with Crippen LogP contribution < -0.4 is 5.73 Å². The van der Waals surface area contributed by atoms with Crippen molar-refractivity contribution in [2.24, 2.45) is 0 Å². The Balaban J connectivity index is 2.07. The lowest BCUT2D eigenvalue weighted by molar-refractivity contribution is -0.00315. The van der Waals surface area contributed by atoms with Gasteiger partial charge in [0.25, 0.3) is 5.91 Å². The number of hydrogen-bond donors (Lipinski definition) is 1. The van der Waals surface area contributed by atoms with Gasteiger partial charge in [0.2, 0.25) is 5.95 Å². The monoisotopic (exact) mass is 278 g/mol. The van der Waals surface area contributed by atoms with Gasteiger partial charge >= 0.3 is 0 Å². The number of nitrogens with zero attached hydrogens (tertiary/aromatic N) is 3. The maximum Gasteiger partial charge on any atom is 0.257 e. The molecule has 0 spiro atoms. The number of likely N-dealkylation sites (N-methyl/N-ethyl adjacent to an activating group) is 1. The van der Waals surface area contributed by atoms with Crippen molar-refractivity contribution in [3.8, 4) is 0 Å². The van der Waals surface area contributed by atoms with Crippen molar-refractivity contribution in [1.82, 2.24) is 14.9 Å². The first kappa shape index (κ1) is 14.7. The topological polar surface area (TPSA) is 81.3 Å². The van der Waals surface area contributed by atoms with Crippen molar-refractivity contribution in [1.29, 1.82) is 0 Å². The fourth-order valence-corrected chi connectivity index (χ4v) is 2.42. The van der Waals surface area contributed by atoms with Gasteiger partial charge in [-0.25, -0.2) is 9.97 Å². The smallest absolute Gasteiger partial charge is 0.257 e. The van der Waals surface area contributed by atoms with Gasteiger partial charge in [-0.3, -0.25) is 4.79 Å². The summed E-state index contributed by atoms with van der Waals surface area (Å²) in [6.45, 7) is 5.80. The SMILES string of the molecule is CCN(CC1CCCCO1)C(=O)c1cnc(N)nc1C. The van der Waals surface area contributed by atoms with Crippen LogP contribution in [0.3, 0.4) is 0 Å². The van der Waals surface area contributed by atoms with Crippen LogP contribution in [0.15, 0.2) is 6.20 Å². The molecule has 6 heteroatoms. The molecule has 1 fully saturated rings. The van der Waals surface area contributed by atoms with E-state index in [1.54, 1.807) is 11.8 Å². The van der Waals surface area contributed by atoms with Crippen LogP contribution in [-0.2, 0) is 4.74 Å². The highest BCUT2D eigenvalue weighted by Crippen LogP contribution is 2.16. The molecule has 0 radical (unpaired) electrons. The van der Waals surface area contributed by atoms with Gasteiger partial charge in [0, 0.05) is 25.9 Å². The highest BCUT2D eigenvalue weighted by Gasteiger charge is 2.23. The minimum Gasteiger partial charge on any atom is -0.376 e. The Morgan fingerprint density at radius 1 is 1.55 bits per heavy atom. The third kappa shape index (κ3) is 3.45. The van der Waals surface area contributed by atoms with Crippen molar-refractivity contribution < 1.29 is 9.53 Å². The van der Waals surface area contributed by atoms with Gasteiger partial charge in [-0.2, -0.15) is 0 Å². The molecule has 0 aliphatic carbocycles. The Labute approximate surface area is 119 Å². The summed E-state index contributed by atoms with van der Waals surface area (Å²) in [5.41, 5.74) is 6.65. The van der Waals surface area contributed by atoms with Crippen molar-refractivity contribution in [2.75, 3.05) is 25.4 Å². The largest absolute Gasteiger partial charge is 0.376 e. The molecule has 110 valence electrons. The number of nitrogen functional groups attached to an aromatic ring is 1. The average molecular weight is 278 g/mol. The van der Waals surface area contributed by atoms with E-state index in [0.717, 1.165) is 19.4 Å². The van der Waals surface area contributed by atoms with Crippen LogP contribution >= 0.6 is 0 Å². The lowest BCUT2D eigenvalue weighted by Crippen LogP contribution is -2.40. The van der Waals surface area contributed by atoms with Crippen LogP contribution in [0.2, 0.25) is 0 Å². The maximum atomic E-state index is 12.5. The first-order valence-corrected chi connectivity index (χ1v) is 7.11. The Kier molecular flexibility index (Phi) is 4.89. The molecule has 2 N–H and O–H groups in total. The summed E-state index contributed by atoms with van der Waals surface area (Å²) < 4.78 is 5.70. The molecule has 20 heavy (non-hydrogen) atoms. The number of ether oxygens (including phenoxy) is 1. The second-order valence-electron chi connectivity index (χ2n) is 5.06. The van der Waals surface area contributed by atoms with Crippen molar-refractivity contribution in [2.45, 2.75) is 39.2 Å². The molecule has 1 aliphatic heterocycles. The first-order chi connectivity index (χ1) is 9.61. The number of carbonyl (C=O) groups excluding carboxylic acids is 1. The van der Waals surface area contributed by atoms with Gasteiger partial charge in [-0.1, -0.05) is 0 Å². The molecule has 6 nitrogen and oxygen atoms in total. The predicted molar refractivity (Wildman–Crippen MR) is 76.3 cm³/mol. The predicted octanol–water partition coefficient (Wildman–Crippen LogP) is 1.40. The third-order valence-electron chi connectivity index (χ3n) is 3.60. The van der Waals surface area contributed by atoms with Crippen LogP contribution in [-0.4, -0.2) is 46.6 Å². The van der Waals surface area contributed by atoms with E-state index in [0.29, 0.717) is 24.3 Å². The number of amides is 1. The Morgan fingerprint density at radius 3 is 2.95 bits per heavy atom. The minimum absolute atomic E-state index is 0.0563. The van der Waals surface area contributed by atoms with Crippen LogP contribution in [0.1, 0.15) is 42.2 Å². The average Bonchev–Trinajstić information content (AvgIpc) is 2.45. The highest BCUT2D eigenvalue weighted by molar-refractivity contribution is 5.95. The highest BCUT2D eigenvalue weighted by atomic mass is 16.5. The summed E-state index contributed by atoms with van der Waals surface area (Å²) in [5, 5.41) is 0. The summed E-state index contributed by atoms with van der Waals surface area (Å²) in [6, 6.07) is 0. The molecule has 1 saturated heterocycles. The lowest BCUT2D eigenvalue weighted by atomic mass is 10.1. The number of rotatable bonds is 4. The second kappa shape index (κ2) is 6.65. The molecule has 2 heterocycles.